The van der Waals surface area contributed by atoms with Crippen molar-refractivity contribution in [2.75, 3.05) is 46.6 Å². The molecule has 6 fully saturated rings. The second-order valence-electron chi connectivity index (χ2n) is 24.0. The minimum Gasteiger partial charge on any atom is -0.464 e. The van der Waals surface area contributed by atoms with Crippen molar-refractivity contribution in [3.8, 4) is 17.2 Å². The summed E-state index contributed by atoms with van der Waals surface area (Å²) < 4.78 is 173. The lowest BCUT2D eigenvalue weighted by molar-refractivity contribution is -0.145. The molecule has 3 aromatic carbocycles. The lowest BCUT2D eigenvalue weighted by Gasteiger charge is -2.33. The standard InChI is InChI=1S/C21H25F2N4O7P.C21H25FN3O8P.C20H22F2N3O8P/c1-13-8-11-27(20(30)24-13)19-21(22,23)17(28)16(33-19)12-32-35(31,34-14-6-4-3-5-7-14)25-15-9-10-26(2)18(15)29;1-13-8-10-25(20(28)23-13)19-21(2,22)17(26)16(32-19)12-31-34(29,24-15-9-11-30-18(15)27)33-14-6-4-3-5-7-14;1-12-7-9-25(19(28)23-12)18-20(21,22)16(26)15(32-18)11-31-34(29,24-14-8-10-30-17(14)27)33-13-5-3-2-4-6-13/h3-8,11,15-17,19,28H,1,9-10,12H2,2H3,(H,24,30)(H,25,31);3-8,10,15-17,19,26H,1,9,11-12H2,2H3,(H,23,28)(H,24,29);2-7,9,14-16,18,26H,1,8,10-11H2,(H,23,28)(H,24,29)/t15?,16-,17-,19-,35?;15-,16+,17+,19+,21+,34?;14?,15-,16-,18-,34?/m101/s1. The number of carbonyl (C=O) groups excluding carboxylic acids is 6. The minimum atomic E-state index is -4.33. The number of nitrogens with zero attached hydrogens (tertiary/aromatic N) is 4. The lowest BCUT2D eigenvalue weighted by Crippen LogP contribution is -2.53. The first-order valence-electron chi connectivity index (χ1n) is 31.4. The van der Waals surface area contributed by atoms with Crippen LogP contribution in [0.25, 0.3) is 0 Å². The average Bonchev–Trinajstić information content (AvgIpc) is 1.63. The van der Waals surface area contributed by atoms with E-state index in [1.165, 1.54) is 65.7 Å². The van der Waals surface area contributed by atoms with Crippen molar-refractivity contribution < 1.29 is 131 Å². The van der Waals surface area contributed by atoms with Gasteiger partial charge in [0.05, 0.1) is 39.1 Å². The van der Waals surface area contributed by atoms with E-state index in [9.17, 15) is 75.3 Å². The molecule has 33 nitrogen and oxygen atoms in total. The molecule has 0 saturated carbocycles. The first-order valence-corrected chi connectivity index (χ1v) is 36.0. The summed E-state index contributed by atoms with van der Waals surface area (Å²) in [5.74, 6) is -8.92. The van der Waals surface area contributed by atoms with E-state index in [1.807, 2.05) is 0 Å². The molecule has 0 bridgehead atoms. The third-order valence-corrected chi connectivity index (χ3v) is 21.1. The van der Waals surface area contributed by atoms with Crippen molar-refractivity contribution >= 4 is 59.2 Å². The van der Waals surface area contributed by atoms with Crippen molar-refractivity contribution in [2.45, 2.75) is 117 Å². The molecule has 9 aliphatic rings. The average molecular weight is 1510 g/mol. The predicted octanol–water partition coefficient (Wildman–Crippen LogP) is 5.61. The maximum Gasteiger partial charge on any atom is 0.459 e. The van der Waals surface area contributed by atoms with Crippen LogP contribution < -0.4 is 44.8 Å². The molecule has 3 aromatic rings. The number of nitrogens with one attached hydrogen (secondary N) is 6. The van der Waals surface area contributed by atoms with Gasteiger partial charge in [0, 0.05) is 62.1 Å². The van der Waals surface area contributed by atoms with Crippen LogP contribution in [-0.2, 0) is 65.3 Å². The highest BCUT2D eigenvalue weighted by Gasteiger charge is 2.64. The number of carbonyl (C=O) groups is 6. The van der Waals surface area contributed by atoms with Crippen molar-refractivity contribution in [2.24, 2.45) is 0 Å². The molecule has 41 heteroatoms. The molecule has 5 unspecified atom stereocenters. The second kappa shape index (κ2) is 31.9. The van der Waals surface area contributed by atoms with Crippen LogP contribution in [0.15, 0.2) is 165 Å². The van der Waals surface area contributed by atoms with Gasteiger partial charge in [0.1, 0.15) is 53.7 Å². The van der Waals surface area contributed by atoms with Crippen molar-refractivity contribution in [3.05, 3.63) is 165 Å². The van der Waals surface area contributed by atoms with Gasteiger partial charge in [0.15, 0.2) is 24.1 Å². The summed E-state index contributed by atoms with van der Waals surface area (Å²) in [6, 6.07) is 18.5. The van der Waals surface area contributed by atoms with Crippen LogP contribution in [0.5, 0.6) is 17.2 Å². The van der Waals surface area contributed by atoms with Gasteiger partial charge in [-0.05, 0) is 68.0 Å². The molecule has 9 heterocycles. The Hall–Kier alpha value is -8.42. The molecule has 16 atom stereocenters. The van der Waals surface area contributed by atoms with Crippen molar-refractivity contribution in [3.63, 3.8) is 0 Å². The highest BCUT2D eigenvalue weighted by atomic mass is 31.2. The van der Waals surface area contributed by atoms with Gasteiger partial charge in [-0.25, -0.2) is 32.5 Å². The summed E-state index contributed by atoms with van der Waals surface area (Å²) in [6.45, 7) is 10.2. The van der Waals surface area contributed by atoms with Gasteiger partial charge in [-0.15, -0.1) is 0 Å². The number of urea groups is 3. The number of aliphatic hydroxyl groups excluding tert-OH is 3. The Morgan fingerprint density at radius 3 is 1.14 bits per heavy atom. The Morgan fingerprint density at radius 2 is 0.825 bits per heavy atom. The Bertz CT molecular complexity index is 3770. The number of likely N-dealkylation sites (tertiary alicyclic amines) is 1. The quantitative estimate of drug-likeness (QED) is 0.0299. The summed E-state index contributed by atoms with van der Waals surface area (Å²) in [5.41, 5.74) is -1.68. The number of benzene rings is 3. The molecular formula is C62H72F5N10O23P3. The number of hydrogen-bond donors (Lipinski definition) is 9. The molecule has 0 aromatic heterocycles. The number of likely N-dealkylation sites (N-methyl/N-ethyl adjacent to an activating group) is 1. The van der Waals surface area contributed by atoms with Gasteiger partial charge in [-0.1, -0.05) is 74.3 Å². The van der Waals surface area contributed by atoms with E-state index in [4.69, 9.17) is 50.8 Å². The fourth-order valence-corrected chi connectivity index (χ4v) is 15.6. The highest BCUT2D eigenvalue weighted by Crippen LogP contribution is 2.51. The van der Waals surface area contributed by atoms with Gasteiger partial charge in [0.25, 0.3) is 0 Å². The molecule has 9 aliphatic heterocycles. The largest absolute Gasteiger partial charge is 0.464 e. The van der Waals surface area contributed by atoms with E-state index >= 15 is 4.39 Å². The van der Waals surface area contributed by atoms with Crippen LogP contribution in [0.3, 0.4) is 0 Å². The summed E-state index contributed by atoms with van der Waals surface area (Å²) in [5, 5.41) is 45.5. The van der Waals surface area contributed by atoms with Gasteiger partial charge < -0.3 is 73.4 Å². The molecular weight excluding hydrogens is 1440 g/mol. The van der Waals surface area contributed by atoms with E-state index in [1.54, 1.807) is 61.6 Å². The van der Waals surface area contributed by atoms with Crippen molar-refractivity contribution in [1.82, 2.24) is 50.8 Å². The smallest absolute Gasteiger partial charge is 0.459 e. The Labute approximate surface area is 584 Å². The number of aliphatic hydroxyl groups is 3. The Balaban J connectivity index is 0.000000166. The van der Waals surface area contributed by atoms with Crippen molar-refractivity contribution in [1.29, 1.82) is 0 Å². The fourth-order valence-electron chi connectivity index (χ4n) is 10.9. The molecule has 6 saturated heterocycles. The number of para-hydroxylation sites is 3. The molecule has 558 valence electrons. The molecule has 12 rings (SSSR count). The minimum absolute atomic E-state index is 0.0953. The number of rotatable bonds is 24. The maximum atomic E-state index is 15.4. The third-order valence-electron chi connectivity index (χ3n) is 16.4. The predicted molar refractivity (Wildman–Crippen MR) is 345 cm³/mol. The summed E-state index contributed by atoms with van der Waals surface area (Å²) in [6.07, 6.45) is -8.80. The number of alkyl halides is 5. The monoisotopic (exact) mass is 1510 g/mol. The Kier molecular flexibility index (Phi) is 23.9. The maximum absolute atomic E-state index is 15.4. The van der Waals surface area contributed by atoms with Gasteiger partial charge in [0.2, 0.25) is 18.4 Å². The zero-order valence-corrected chi connectivity index (χ0v) is 57.2. The van der Waals surface area contributed by atoms with Crippen LogP contribution in [0.4, 0.5) is 36.3 Å². The van der Waals surface area contributed by atoms with Gasteiger partial charge in [-0.3, -0.25) is 42.7 Å². The number of halogens is 5. The SMILES string of the molecule is C=C1C=CN([C@@H]2O[C@H](COP(=O)(NC3CCN(C)C3=O)Oc3ccccc3)[C@@H](O)C2(F)F)C(=O)N1.C=C1C=CN([C@@H]2O[C@H](COP(=O)(NC3CCOC3=O)Oc3ccccc3)[C@@H](O)C2(F)F)C(=O)N1.C=C1C=CN([C@@H]2O[C@H](COP(=O)(N[C@H]3CCOC3=O)Oc3ccccc3)[C@@H](O)[C@@]2(C)F)C(=O)N1. The molecule has 0 spiro atoms. The highest BCUT2D eigenvalue weighted by molar-refractivity contribution is 7.52. The van der Waals surface area contributed by atoms with Crippen LogP contribution in [0.1, 0.15) is 26.2 Å². The van der Waals surface area contributed by atoms with E-state index in [0.29, 0.717) is 28.5 Å². The molecule has 0 radical (unpaired) electrons. The summed E-state index contributed by atoms with van der Waals surface area (Å²) >= 11 is 0. The van der Waals surface area contributed by atoms with Crippen LogP contribution >= 0.6 is 23.2 Å². The summed E-state index contributed by atoms with van der Waals surface area (Å²) in [7, 11) is -11.2. The molecule has 103 heavy (non-hydrogen) atoms. The number of hydrogen-bond acceptors (Lipinski definition) is 23. The number of ether oxygens (including phenoxy) is 5. The Morgan fingerprint density at radius 1 is 0.505 bits per heavy atom. The number of amides is 7. The zero-order chi connectivity index (χ0) is 74.4. The normalized spacial score (nSPS) is 31.0. The van der Waals surface area contributed by atoms with Gasteiger partial charge >= 0.3 is 65.1 Å². The van der Waals surface area contributed by atoms with E-state index in [0.717, 1.165) is 24.2 Å². The van der Waals surface area contributed by atoms with Crippen LogP contribution in [-0.4, -0.2) is 208 Å². The zero-order valence-electron chi connectivity index (χ0n) is 54.6. The number of allylic oxidation sites excluding steroid dienone is 3. The first kappa shape index (κ1) is 77.2. The lowest BCUT2D eigenvalue weighted by atomic mass is 9.98. The van der Waals surface area contributed by atoms with E-state index in [-0.39, 0.29) is 60.6 Å². The summed E-state index contributed by atoms with van der Waals surface area (Å²) in [4.78, 5) is 76.1. The topological polar surface area (TPSA) is 401 Å². The molecule has 0 aliphatic carbocycles. The van der Waals surface area contributed by atoms with E-state index < -0.39 is 164 Å². The first-order chi connectivity index (χ1) is 48.7. The number of cyclic esters (lactones) is 2. The second-order valence-corrected chi connectivity index (χ2v) is 29.1. The third kappa shape index (κ3) is 18.2. The van der Waals surface area contributed by atoms with Crippen LogP contribution in [0, 0.1) is 0 Å². The molecule has 9 N–H and O–H groups in total. The number of esters is 2. The van der Waals surface area contributed by atoms with E-state index in [2.05, 4.69) is 50.9 Å². The van der Waals surface area contributed by atoms with Crippen LogP contribution in [0.2, 0.25) is 0 Å². The fraction of sp³-hybridized carbons (Fsp3) is 0.419. The van der Waals surface area contributed by atoms with Gasteiger partial charge in [-0.2, -0.15) is 32.8 Å². The molecule has 7 amide bonds.